The van der Waals surface area contributed by atoms with Gasteiger partial charge in [0, 0.05) is 32.4 Å². The van der Waals surface area contributed by atoms with E-state index in [1.807, 2.05) is 30.3 Å². The second-order valence-electron chi connectivity index (χ2n) is 6.02. The predicted octanol–water partition coefficient (Wildman–Crippen LogP) is 1.81. The molecule has 0 atom stereocenters. The van der Waals surface area contributed by atoms with Crippen LogP contribution in [-0.2, 0) is 22.6 Å². The van der Waals surface area contributed by atoms with E-state index in [0.717, 1.165) is 11.1 Å². The summed E-state index contributed by atoms with van der Waals surface area (Å²) in [5, 5.41) is 2.81. The molecule has 27 heavy (non-hydrogen) atoms. The van der Waals surface area contributed by atoms with Gasteiger partial charge in [0.25, 0.3) is 0 Å². The highest BCUT2D eigenvalue weighted by atomic mass is 16.5. The average molecular weight is 371 g/mol. The number of ether oxygens (including phenoxy) is 2. The Balaban J connectivity index is 1.89. The number of benzene rings is 1. The molecule has 144 valence electrons. The molecule has 7 nitrogen and oxygen atoms in total. The molecule has 0 spiro atoms. The van der Waals surface area contributed by atoms with Crippen LogP contribution in [0.4, 0.5) is 0 Å². The van der Waals surface area contributed by atoms with Crippen LogP contribution in [0.5, 0.6) is 11.5 Å². The summed E-state index contributed by atoms with van der Waals surface area (Å²) in [5.74, 6) is 0.936. The Morgan fingerprint density at radius 2 is 1.89 bits per heavy atom. The number of hydrogen-bond donors (Lipinski definition) is 1. The van der Waals surface area contributed by atoms with Gasteiger partial charge in [-0.25, -0.2) is 0 Å². The SMILES string of the molecule is COc1ccc(CCN(CC(=O)NCc2cccnc2)C(C)=O)cc1OC. The summed E-state index contributed by atoms with van der Waals surface area (Å²) in [6, 6.07) is 9.31. The fourth-order valence-corrected chi connectivity index (χ4v) is 2.58. The summed E-state index contributed by atoms with van der Waals surface area (Å²) in [6.07, 6.45) is 3.98. The molecule has 0 unspecified atom stereocenters. The van der Waals surface area contributed by atoms with E-state index >= 15 is 0 Å². The quantitative estimate of drug-likeness (QED) is 0.727. The zero-order valence-electron chi connectivity index (χ0n) is 15.9. The van der Waals surface area contributed by atoms with Crippen molar-refractivity contribution in [2.75, 3.05) is 27.3 Å². The number of amides is 2. The zero-order valence-corrected chi connectivity index (χ0v) is 15.9. The summed E-state index contributed by atoms with van der Waals surface area (Å²) in [5.41, 5.74) is 1.90. The van der Waals surface area contributed by atoms with Crippen molar-refractivity contribution in [3.8, 4) is 11.5 Å². The van der Waals surface area contributed by atoms with E-state index in [9.17, 15) is 9.59 Å². The van der Waals surface area contributed by atoms with E-state index in [1.54, 1.807) is 26.6 Å². The minimum atomic E-state index is -0.207. The van der Waals surface area contributed by atoms with Gasteiger partial charge in [-0.1, -0.05) is 12.1 Å². The molecule has 0 saturated heterocycles. The second-order valence-corrected chi connectivity index (χ2v) is 6.02. The predicted molar refractivity (Wildman–Crippen MR) is 102 cm³/mol. The van der Waals surface area contributed by atoms with E-state index in [2.05, 4.69) is 10.3 Å². The molecule has 7 heteroatoms. The second kappa shape index (κ2) is 10.2. The van der Waals surface area contributed by atoms with Crippen molar-refractivity contribution in [3.63, 3.8) is 0 Å². The van der Waals surface area contributed by atoms with Gasteiger partial charge < -0.3 is 19.7 Å². The van der Waals surface area contributed by atoms with Gasteiger partial charge in [-0.05, 0) is 35.7 Å². The Morgan fingerprint density at radius 1 is 1.11 bits per heavy atom. The topological polar surface area (TPSA) is 80.8 Å². The number of methoxy groups -OCH3 is 2. The minimum Gasteiger partial charge on any atom is -0.493 e. The summed E-state index contributed by atoms with van der Waals surface area (Å²) in [6.45, 7) is 2.30. The van der Waals surface area contributed by atoms with Crippen molar-refractivity contribution in [2.24, 2.45) is 0 Å². The van der Waals surface area contributed by atoms with Crippen LogP contribution >= 0.6 is 0 Å². The van der Waals surface area contributed by atoms with Crippen molar-refractivity contribution >= 4 is 11.8 Å². The van der Waals surface area contributed by atoms with Gasteiger partial charge in [0.1, 0.15) is 0 Å². The molecule has 0 saturated carbocycles. The zero-order chi connectivity index (χ0) is 19.6. The van der Waals surface area contributed by atoms with Crippen LogP contribution in [0.1, 0.15) is 18.1 Å². The van der Waals surface area contributed by atoms with Crippen molar-refractivity contribution in [3.05, 3.63) is 53.9 Å². The molecule has 1 aromatic carbocycles. The lowest BCUT2D eigenvalue weighted by molar-refractivity contribution is -0.134. The molecule has 0 aliphatic heterocycles. The molecule has 0 fully saturated rings. The van der Waals surface area contributed by atoms with E-state index < -0.39 is 0 Å². The lowest BCUT2D eigenvalue weighted by Crippen LogP contribution is -2.40. The molecule has 1 aromatic heterocycles. The first-order valence-corrected chi connectivity index (χ1v) is 8.65. The first-order chi connectivity index (χ1) is 13.0. The van der Waals surface area contributed by atoms with E-state index in [4.69, 9.17) is 9.47 Å². The Kier molecular flexibility index (Phi) is 7.61. The maximum atomic E-state index is 12.2. The molecule has 0 aliphatic rings. The highest BCUT2D eigenvalue weighted by molar-refractivity contribution is 5.83. The maximum Gasteiger partial charge on any atom is 0.239 e. The number of nitrogens with zero attached hydrogens (tertiary/aromatic N) is 2. The number of nitrogens with one attached hydrogen (secondary N) is 1. The lowest BCUT2D eigenvalue weighted by atomic mass is 10.1. The van der Waals surface area contributed by atoms with E-state index in [0.29, 0.717) is 31.0 Å². The van der Waals surface area contributed by atoms with Crippen LogP contribution in [0.2, 0.25) is 0 Å². The van der Waals surface area contributed by atoms with Gasteiger partial charge in [0.15, 0.2) is 11.5 Å². The van der Waals surface area contributed by atoms with Crippen LogP contribution in [0, 0.1) is 0 Å². The molecule has 2 aromatic rings. The summed E-state index contributed by atoms with van der Waals surface area (Å²) >= 11 is 0. The number of aromatic nitrogens is 1. The molecule has 0 bridgehead atoms. The van der Waals surface area contributed by atoms with Gasteiger partial charge in [0.05, 0.1) is 20.8 Å². The number of rotatable bonds is 9. The van der Waals surface area contributed by atoms with Crippen LogP contribution in [0.15, 0.2) is 42.7 Å². The Hall–Kier alpha value is -3.09. The van der Waals surface area contributed by atoms with Crippen molar-refractivity contribution < 1.29 is 19.1 Å². The largest absolute Gasteiger partial charge is 0.493 e. The van der Waals surface area contributed by atoms with Gasteiger partial charge in [-0.2, -0.15) is 0 Å². The number of carbonyl (C=O) groups excluding carboxylic acids is 2. The average Bonchev–Trinajstić information content (AvgIpc) is 2.69. The van der Waals surface area contributed by atoms with Gasteiger partial charge in [-0.3, -0.25) is 14.6 Å². The van der Waals surface area contributed by atoms with Crippen molar-refractivity contribution in [1.29, 1.82) is 0 Å². The molecule has 0 radical (unpaired) electrons. The molecular weight excluding hydrogens is 346 g/mol. The van der Waals surface area contributed by atoms with Crippen LogP contribution in [0.3, 0.4) is 0 Å². The molecule has 1 N–H and O–H groups in total. The Labute approximate surface area is 159 Å². The number of carbonyl (C=O) groups is 2. The molecule has 1 heterocycles. The number of pyridine rings is 1. The van der Waals surface area contributed by atoms with Crippen LogP contribution in [-0.4, -0.2) is 49.0 Å². The normalized spacial score (nSPS) is 10.2. The molecular formula is C20H25N3O4. The fraction of sp³-hybridized carbons (Fsp3) is 0.350. The maximum absolute atomic E-state index is 12.2. The van der Waals surface area contributed by atoms with Crippen molar-refractivity contribution in [1.82, 2.24) is 15.2 Å². The third kappa shape index (κ3) is 6.29. The molecule has 2 amide bonds. The highest BCUT2D eigenvalue weighted by Crippen LogP contribution is 2.27. The fourth-order valence-electron chi connectivity index (χ4n) is 2.58. The number of hydrogen-bond acceptors (Lipinski definition) is 5. The molecule has 0 aliphatic carbocycles. The first kappa shape index (κ1) is 20.2. The highest BCUT2D eigenvalue weighted by Gasteiger charge is 2.14. The first-order valence-electron chi connectivity index (χ1n) is 8.65. The third-order valence-corrected chi connectivity index (χ3v) is 4.11. The third-order valence-electron chi connectivity index (χ3n) is 4.11. The summed E-state index contributed by atoms with van der Waals surface area (Å²) < 4.78 is 10.5. The minimum absolute atomic E-state index is 0.0168. The van der Waals surface area contributed by atoms with Crippen molar-refractivity contribution in [2.45, 2.75) is 19.9 Å². The lowest BCUT2D eigenvalue weighted by Gasteiger charge is -2.21. The Morgan fingerprint density at radius 3 is 2.52 bits per heavy atom. The van der Waals surface area contributed by atoms with E-state index in [1.165, 1.54) is 11.8 Å². The van der Waals surface area contributed by atoms with E-state index in [-0.39, 0.29) is 18.4 Å². The van der Waals surface area contributed by atoms with Gasteiger partial charge in [-0.15, -0.1) is 0 Å². The molecule has 2 rings (SSSR count). The van der Waals surface area contributed by atoms with Gasteiger partial charge in [0.2, 0.25) is 11.8 Å². The van der Waals surface area contributed by atoms with Crippen LogP contribution < -0.4 is 14.8 Å². The standard InChI is InChI=1S/C20H25N3O4/c1-15(24)23(14-20(25)22-13-17-5-4-9-21-12-17)10-8-16-6-7-18(26-2)19(11-16)27-3/h4-7,9,11-12H,8,10,13-14H2,1-3H3,(H,22,25). The summed E-state index contributed by atoms with van der Waals surface area (Å²) in [7, 11) is 3.16. The Bertz CT molecular complexity index is 765. The monoisotopic (exact) mass is 371 g/mol. The smallest absolute Gasteiger partial charge is 0.239 e. The summed E-state index contributed by atoms with van der Waals surface area (Å²) in [4.78, 5) is 29.6. The van der Waals surface area contributed by atoms with Crippen LogP contribution in [0.25, 0.3) is 0 Å². The van der Waals surface area contributed by atoms with Gasteiger partial charge >= 0.3 is 0 Å².